The third-order valence-electron chi connectivity index (χ3n) is 2.68. The van der Waals surface area contributed by atoms with E-state index in [2.05, 4.69) is 0 Å². The second kappa shape index (κ2) is 6.51. The zero-order valence-electron chi connectivity index (χ0n) is 10.4. The zero-order valence-corrected chi connectivity index (χ0v) is 10.4. The van der Waals surface area contributed by atoms with Gasteiger partial charge in [0.15, 0.2) is 0 Å². The molecule has 0 saturated heterocycles. The van der Waals surface area contributed by atoms with Crippen LogP contribution in [0.4, 0.5) is 0 Å². The average molecular weight is 234 g/mol. The minimum atomic E-state index is -0.848. The maximum absolute atomic E-state index is 9.40. The number of aliphatic hydroxyl groups is 3. The largest absolute Gasteiger partial charge is 0.393 e. The summed E-state index contributed by atoms with van der Waals surface area (Å²) in [5.74, 6) is 0. The van der Waals surface area contributed by atoms with E-state index in [4.69, 9.17) is 11.5 Å². The van der Waals surface area contributed by atoms with Crippen LogP contribution in [0.25, 0.3) is 0 Å². The second-order valence-electron chi connectivity index (χ2n) is 5.03. The minimum absolute atomic E-state index is 0.311. The molecule has 0 aliphatic heterocycles. The van der Waals surface area contributed by atoms with Crippen LogP contribution in [0.15, 0.2) is 0 Å². The number of rotatable bonds is 7. The molecular formula is C11H26N2O3. The van der Waals surface area contributed by atoms with E-state index in [1.54, 1.807) is 20.8 Å². The quantitative estimate of drug-likeness (QED) is 0.401. The van der Waals surface area contributed by atoms with Crippen LogP contribution in [0.3, 0.4) is 0 Å². The van der Waals surface area contributed by atoms with Gasteiger partial charge in [0, 0.05) is 11.6 Å². The lowest BCUT2D eigenvalue weighted by molar-refractivity contribution is 0.0762. The third kappa shape index (κ3) is 5.77. The van der Waals surface area contributed by atoms with Crippen molar-refractivity contribution in [3.8, 4) is 0 Å². The van der Waals surface area contributed by atoms with Gasteiger partial charge in [-0.15, -0.1) is 0 Å². The molecule has 4 unspecified atom stereocenters. The fourth-order valence-electron chi connectivity index (χ4n) is 2.09. The molecule has 0 aliphatic rings. The number of hydrogen-bond donors (Lipinski definition) is 5. The topological polar surface area (TPSA) is 113 Å². The Labute approximate surface area is 97.5 Å². The van der Waals surface area contributed by atoms with Crippen LogP contribution in [-0.2, 0) is 0 Å². The lowest BCUT2D eigenvalue weighted by atomic mass is 9.79. The van der Waals surface area contributed by atoms with Gasteiger partial charge in [-0.2, -0.15) is 0 Å². The highest BCUT2D eigenvalue weighted by atomic mass is 16.3. The molecule has 98 valence electrons. The first kappa shape index (κ1) is 15.8. The standard InChI is InChI=1S/C11H26N2O3/c1-7(14)4-10(12)11(13,5-8(2)15)6-9(3)16/h7-10,14-16H,4-6,12-13H2,1-3H3. The highest BCUT2D eigenvalue weighted by molar-refractivity contribution is 4.97. The smallest absolute Gasteiger partial charge is 0.0530 e. The van der Waals surface area contributed by atoms with Gasteiger partial charge in [-0.05, 0) is 40.0 Å². The fraction of sp³-hybridized carbons (Fsp3) is 1.00. The van der Waals surface area contributed by atoms with E-state index in [0.717, 1.165) is 0 Å². The number of hydrogen-bond acceptors (Lipinski definition) is 5. The highest BCUT2D eigenvalue weighted by Crippen LogP contribution is 2.23. The molecule has 0 aliphatic carbocycles. The van der Waals surface area contributed by atoms with Gasteiger partial charge in [0.1, 0.15) is 0 Å². The highest BCUT2D eigenvalue weighted by Gasteiger charge is 2.35. The van der Waals surface area contributed by atoms with Crippen LogP contribution >= 0.6 is 0 Å². The van der Waals surface area contributed by atoms with Gasteiger partial charge in [0.25, 0.3) is 0 Å². The summed E-state index contributed by atoms with van der Waals surface area (Å²) in [5, 5.41) is 28.1. The molecule has 0 aromatic heterocycles. The van der Waals surface area contributed by atoms with E-state index in [1.807, 2.05) is 0 Å². The van der Waals surface area contributed by atoms with Gasteiger partial charge in [-0.1, -0.05) is 0 Å². The summed E-state index contributed by atoms with van der Waals surface area (Å²) >= 11 is 0. The van der Waals surface area contributed by atoms with Gasteiger partial charge in [0.05, 0.1) is 18.3 Å². The molecule has 0 rings (SSSR count). The van der Waals surface area contributed by atoms with Crippen molar-refractivity contribution >= 4 is 0 Å². The van der Waals surface area contributed by atoms with Crippen molar-refractivity contribution < 1.29 is 15.3 Å². The molecule has 16 heavy (non-hydrogen) atoms. The average Bonchev–Trinajstić information content (AvgIpc) is 1.98. The Morgan fingerprint density at radius 1 is 0.938 bits per heavy atom. The van der Waals surface area contributed by atoms with Gasteiger partial charge in [-0.25, -0.2) is 0 Å². The lowest BCUT2D eigenvalue weighted by Crippen LogP contribution is -2.58. The van der Waals surface area contributed by atoms with Crippen LogP contribution in [0.1, 0.15) is 40.0 Å². The van der Waals surface area contributed by atoms with E-state index >= 15 is 0 Å². The fourth-order valence-corrected chi connectivity index (χ4v) is 2.09. The van der Waals surface area contributed by atoms with Gasteiger partial charge in [-0.3, -0.25) is 0 Å². The normalized spacial score (nSPS) is 23.2. The first-order chi connectivity index (χ1) is 7.17. The Morgan fingerprint density at radius 3 is 1.56 bits per heavy atom. The molecule has 0 heterocycles. The van der Waals surface area contributed by atoms with Crippen molar-refractivity contribution in [3.63, 3.8) is 0 Å². The molecule has 0 saturated carbocycles. The third-order valence-corrected chi connectivity index (χ3v) is 2.68. The summed E-state index contributed by atoms with van der Waals surface area (Å²) in [6, 6.07) is -0.448. The minimum Gasteiger partial charge on any atom is -0.393 e. The SMILES string of the molecule is CC(O)CC(N)C(N)(CC(C)O)CC(C)O. The van der Waals surface area contributed by atoms with E-state index in [9.17, 15) is 15.3 Å². The van der Waals surface area contributed by atoms with E-state index in [-0.39, 0.29) is 0 Å². The molecule has 0 spiro atoms. The van der Waals surface area contributed by atoms with Crippen molar-refractivity contribution in [1.82, 2.24) is 0 Å². The summed E-state index contributed by atoms with van der Waals surface area (Å²) in [4.78, 5) is 0. The summed E-state index contributed by atoms with van der Waals surface area (Å²) in [6.07, 6.45) is -0.721. The Morgan fingerprint density at radius 2 is 1.31 bits per heavy atom. The molecule has 5 nitrogen and oxygen atoms in total. The second-order valence-corrected chi connectivity index (χ2v) is 5.03. The Kier molecular flexibility index (Phi) is 6.43. The summed E-state index contributed by atoms with van der Waals surface area (Å²) in [6.45, 7) is 4.92. The van der Waals surface area contributed by atoms with Crippen molar-refractivity contribution in [2.75, 3.05) is 0 Å². The maximum atomic E-state index is 9.40. The molecule has 0 aromatic carbocycles. The Bertz CT molecular complexity index is 186. The predicted molar refractivity (Wildman–Crippen MR) is 63.8 cm³/mol. The monoisotopic (exact) mass is 234 g/mol. The van der Waals surface area contributed by atoms with Crippen LogP contribution < -0.4 is 11.5 Å². The molecule has 0 aromatic rings. The van der Waals surface area contributed by atoms with Crippen molar-refractivity contribution in [2.45, 2.75) is 69.9 Å². The Hall–Kier alpha value is -0.200. The van der Waals surface area contributed by atoms with E-state index in [0.29, 0.717) is 19.3 Å². The number of nitrogens with two attached hydrogens (primary N) is 2. The maximum Gasteiger partial charge on any atom is 0.0530 e. The molecule has 4 atom stereocenters. The Balaban J connectivity index is 4.62. The first-order valence-corrected chi connectivity index (χ1v) is 5.76. The molecule has 0 radical (unpaired) electrons. The van der Waals surface area contributed by atoms with Crippen molar-refractivity contribution in [1.29, 1.82) is 0 Å². The van der Waals surface area contributed by atoms with Crippen molar-refractivity contribution in [3.05, 3.63) is 0 Å². The van der Waals surface area contributed by atoms with Crippen LogP contribution in [0.2, 0.25) is 0 Å². The van der Waals surface area contributed by atoms with E-state index < -0.39 is 29.9 Å². The summed E-state index contributed by atoms with van der Waals surface area (Å²) < 4.78 is 0. The van der Waals surface area contributed by atoms with Crippen LogP contribution in [0.5, 0.6) is 0 Å². The first-order valence-electron chi connectivity index (χ1n) is 5.76. The number of aliphatic hydroxyl groups excluding tert-OH is 3. The molecule has 5 heteroatoms. The predicted octanol–water partition coefficient (Wildman–Crippen LogP) is -0.676. The van der Waals surface area contributed by atoms with Crippen LogP contribution in [0, 0.1) is 0 Å². The molecule has 0 fully saturated rings. The summed E-state index contributed by atoms with van der Waals surface area (Å²) in [7, 11) is 0. The zero-order chi connectivity index (χ0) is 12.9. The molecular weight excluding hydrogens is 208 g/mol. The molecule has 0 bridgehead atoms. The van der Waals surface area contributed by atoms with Crippen LogP contribution in [-0.4, -0.2) is 45.2 Å². The van der Waals surface area contributed by atoms with Gasteiger partial charge < -0.3 is 26.8 Å². The lowest BCUT2D eigenvalue weighted by Gasteiger charge is -2.38. The van der Waals surface area contributed by atoms with E-state index in [1.165, 1.54) is 0 Å². The van der Waals surface area contributed by atoms with Gasteiger partial charge in [0.2, 0.25) is 0 Å². The van der Waals surface area contributed by atoms with Gasteiger partial charge >= 0.3 is 0 Å². The molecule has 0 amide bonds. The summed E-state index contributed by atoms with van der Waals surface area (Å²) in [5.41, 5.74) is 11.2. The molecule has 7 N–H and O–H groups in total. The van der Waals surface area contributed by atoms with Crippen molar-refractivity contribution in [2.24, 2.45) is 11.5 Å².